The molecule has 1 aliphatic carbocycles. The molecule has 250 valence electrons. The molecule has 6 rings (SSSR count). The van der Waals surface area contributed by atoms with E-state index in [4.69, 9.17) is 21.1 Å². The van der Waals surface area contributed by atoms with Crippen LogP contribution in [0.15, 0.2) is 41.3 Å². The maximum Gasteiger partial charge on any atom is 0.307 e. The molecule has 0 unspecified atom stereocenters. The highest BCUT2D eigenvalue weighted by Gasteiger charge is 2.36. The monoisotopic (exact) mass is 682 g/mol. The Morgan fingerprint density at radius 1 is 1.19 bits per heavy atom. The number of rotatable bonds is 7. The van der Waals surface area contributed by atoms with Gasteiger partial charge in [0.1, 0.15) is 33.7 Å². The molecule has 0 spiro atoms. The Bertz CT molecular complexity index is 1990. The highest BCUT2D eigenvalue weighted by Crippen LogP contribution is 2.40. The van der Waals surface area contributed by atoms with Gasteiger partial charge in [-0.05, 0) is 98.9 Å². The van der Waals surface area contributed by atoms with Crippen LogP contribution in [0.2, 0.25) is 5.02 Å². The lowest BCUT2D eigenvalue weighted by Gasteiger charge is -2.27. The molecule has 9 nitrogen and oxygen atoms in total. The standard InChI is InChI=1S/C35H40ClFN4O5S/c1-7-24-19-41(47(43,44)32-16-28(36)29(37)17-31(32)45-24)18-23-14-22(13-21-9-8-10-26(21)23)27(15-33(42)46-35(3,4)5)25-11-12-30-34(20(25)2)38-39-40(30)6/h11-14,16-17,24,27H,7-10,15,18-19H2,1-6H3/t24-,27-/m1/s1. The summed E-state index contributed by atoms with van der Waals surface area (Å²) in [7, 11) is -2.26. The van der Waals surface area contributed by atoms with Crippen molar-refractivity contribution >= 4 is 38.6 Å². The molecule has 0 fully saturated rings. The number of fused-ring (bicyclic) bond motifs is 3. The van der Waals surface area contributed by atoms with Crippen LogP contribution in [0.25, 0.3) is 11.0 Å². The fourth-order valence-electron chi connectivity index (χ4n) is 6.79. The Kier molecular flexibility index (Phi) is 8.86. The summed E-state index contributed by atoms with van der Waals surface area (Å²) in [5.74, 6) is -1.48. The normalized spacial score (nSPS) is 18.3. The Hall–Kier alpha value is -3.54. The van der Waals surface area contributed by atoms with Crippen LogP contribution in [0.4, 0.5) is 4.39 Å². The van der Waals surface area contributed by atoms with Crippen molar-refractivity contribution in [2.75, 3.05) is 6.54 Å². The summed E-state index contributed by atoms with van der Waals surface area (Å²) in [4.78, 5) is 13.2. The zero-order chi connectivity index (χ0) is 33.8. The molecule has 4 aromatic rings. The number of nitrogens with zero attached hydrogens (tertiary/aromatic N) is 4. The highest BCUT2D eigenvalue weighted by atomic mass is 35.5. The molecule has 0 N–H and O–H groups in total. The predicted octanol–water partition coefficient (Wildman–Crippen LogP) is 6.78. The van der Waals surface area contributed by atoms with Crippen LogP contribution in [-0.4, -0.2) is 51.9 Å². The van der Waals surface area contributed by atoms with Crippen molar-refractivity contribution in [3.63, 3.8) is 0 Å². The van der Waals surface area contributed by atoms with Crippen molar-refractivity contribution < 1.29 is 27.1 Å². The third kappa shape index (κ3) is 6.49. The topological polar surface area (TPSA) is 104 Å². The lowest BCUT2D eigenvalue weighted by Crippen LogP contribution is -2.36. The Balaban J connectivity index is 1.46. The van der Waals surface area contributed by atoms with E-state index in [1.54, 1.807) is 4.68 Å². The average Bonchev–Trinajstić information content (AvgIpc) is 3.61. The van der Waals surface area contributed by atoms with Crippen LogP contribution in [0, 0.1) is 12.7 Å². The zero-order valence-electron chi connectivity index (χ0n) is 27.6. The molecular weight excluding hydrogens is 643 g/mol. The summed E-state index contributed by atoms with van der Waals surface area (Å²) in [6.45, 7) is 9.62. The van der Waals surface area contributed by atoms with Gasteiger partial charge < -0.3 is 9.47 Å². The van der Waals surface area contributed by atoms with Gasteiger partial charge in [-0.15, -0.1) is 5.10 Å². The van der Waals surface area contributed by atoms with Crippen molar-refractivity contribution in [1.82, 2.24) is 19.3 Å². The first kappa shape index (κ1) is 33.4. The minimum atomic E-state index is -4.10. The SMILES string of the molecule is CC[C@@H]1CN(Cc2cc([C@@H](CC(=O)OC(C)(C)C)c3ccc4c(nnn4C)c3C)cc3c2CCC3)S(=O)(=O)c2cc(Cl)c(F)cc2O1. The summed E-state index contributed by atoms with van der Waals surface area (Å²) in [6, 6.07) is 10.4. The summed E-state index contributed by atoms with van der Waals surface area (Å²) >= 11 is 6.07. The van der Waals surface area contributed by atoms with E-state index in [1.165, 1.54) is 4.31 Å². The van der Waals surface area contributed by atoms with Gasteiger partial charge in [-0.1, -0.05) is 41.9 Å². The first-order valence-electron chi connectivity index (χ1n) is 16.0. The van der Waals surface area contributed by atoms with E-state index < -0.39 is 27.5 Å². The van der Waals surface area contributed by atoms with Crippen molar-refractivity contribution in [1.29, 1.82) is 0 Å². The molecule has 0 bridgehead atoms. The molecule has 1 aliphatic heterocycles. The van der Waals surface area contributed by atoms with Crippen LogP contribution in [0.1, 0.15) is 86.3 Å². The molecule has 0 saturated carbocycles. The van der Waals surface area contributed by atoms with E-state index in [-0.39, 0.29) is 47.1 Å². The summed E-state index contributed by atoms with van der Waals surface area (Å²) < 4.78 is 57.6. The fourth-order valence-corrected chi connectivity index (χ4v) is 8.59. The van der Waals surface area contributed by atoms with E-state index in [1.807, 2.05) is 59.9 Å². The Labute approximate surface area is 280 Å². The predicted molar refractivity (Wildman–Crippen MR) is 178 cm³/mol. The number of aromatic nitrogens is 3. The minimum Gasteiger partial charge on any atom is -0.488 e. The van der Waals surface area contributed by atoms with Gasteiger partial charge in [-0.2, -0.15) is 4.31 Å². The molecular formula is C35H40ClFN4O5S. The van der Waals surface area contributed by atoms with Gasteiger partial charge in [0.2, 0.25) is 10.0 Å². The number of carbonyl (C=O) groups is 1. The number of ether oxygens (including phenoxy) is 2. The van der Waals surface area contributed by atoms with Crippen LogP contribution in [-0.2, 0) is 46.0 Å². The van der Waals surface area contributed by atoms with E-state index >= 15 is 0 Å². The first-order valence-corrected chi connectivity index (χ1v) is 17.8. The fraction of sp³-hybridized carbons (Fsp3) is 0.457. The van der Waals surface area contributed by atoms with Crippen LogP contribution < -0.4 is 4.74 Å². The highest BCUT2D eigenvalue weighted by molar-refractivity contribution is 7.89. The number of hydrogen-bond donors (Lipinski definition) is 0. The molecule has 0 radical (unpaired) electrons. The Morgan fingerprint density at radius 2 is 1.96 bits per heavy atom. The molecule has 3 aromatic carbocycles. The second-order valence-corrected chi connectivity index (χ2v) is 15.8. The maximum atomic E-state index is 14.4. The van der Waals surface area contributed by atoms with Gasteiger partial charge >= 0.3 is 5.97 Å². The summed E-state index contributed by atoms with van der Waals surface area (Å²) in [5, 5.41) is 8.31. The van der Waals surface area contributed by atoms with E-state index in [9.17, 15) is 17.6 Å². The second kappa shape index (κ2) is 12.5. The van der Waals surface area contributed by atoms with Gasteiger partial charge in [-0.25, -0.2) is 17.5 Å². The van der Waals surface area contributed by atoms with E-state index in [0.29, 0.717) is 6.42 Å². The lowest BCUT2D eigenvalue weighted by atomic mass is 9.83. The summed E-state index contributed by atoms with van der Waals surface area (Å²) in [5.41, 5.74) is 6.88. The Morgan fingerprint density at radius 3 is 2.68 bits per heavy atom. The van der Waals surface area contributed by atoms with Gasteiger partial charge in [0.15, 0.2) is 0 Å². The number of aryl methyl sites for hydroxylation is 3. The van der Waals surface area contributed by atoms with Crippen molar-refractivity contribution in [2.45, 2.75) is 95.8 Å². The van der Waals surface area contributed by atoms with Gasteiger partial charge in [0, 0.05) is 25.6 Å². The van der Waals surface area contributed by atoms with Crippen LogP contribution in [0.5, 0.6) is 5.75 Å². The number of hydrogen-bond acceptors (Lipinski definition) is 7. The molecule has 0 saturated heterocycles. The average molecular weight is 683 g/mol. The first-order chi connectivity index (χ1) is 22.2. The van der Waals surface area contributed by atoms with Gasteiger partial charge in [-0.3, -0.25) is 4.79 Å². The molecule has 2 heterocycles. The van der Waals surface area contributed by atoms with Crippen LogP contribution >= 0.6 is 11.6 Å². The molecule has 2 atom stereocenters. The van der Waals surface area contributed by atoms with Crippen LogP contribution in [0.3, 0.4) is 0 Å². The van der Waals surface area contributed by atoms with Gasteiger partial charge in [0.25, 0.3) is 0 Å². The number of carbonyl (C=O) groups excluding carboxylic acids is 1. The van der Waals surface area contributed by atoms with Crippen molar-refractivity contribution in [3.8, 4) is 5.75 Å². The maximum absolute atomic E-state index is 14.4. The zero-order valence-corrected chi connectivity index (χ0v) is 29.1. The number of esters is 1. The quantitative estimate of drug-likeness (QED) is 0.198. The number of halogens is 2. The number of sulfonamides is 1. The van der Waals surface area contributed by atoms with Crippen molar-refractivity contribution in [3.05, 3.63) is 80.6 Å². The van der Waals surface area contributed by atoms with Gasteiger partial charge in [0.05, 0.1) is 23.5 Å². The third-order valence-corrected chi connectivity index (χ3v) is 11.2. The van der Waals surface area contributed by atoms with E-state index in [2.05, 4.69) is 16.4 Å². The third-order valence-electron chi connectivity index (χ3n) is 9.09. The van der Waals surface area contributed by atoms with Crippen molar-refractivity contribution in [2.24, 2.45) is 7.05 Å². The second-order valence-electron chi connectivity index (χ2n) is 13.5. The largest absolute Gasteiger partial charge is 0.488 e. The minimum absolute atomic E-state index is 0.0347. The van der Waals surface area contributed by atoms with E-state index in [0.717, 1.165) is 75.8 Å². The molecule has 1 aromatic heterocycles. The number of benzene rings is 3. The molecule has 2 aliphatic rings. The molecule has 0 amide bonds. The molecule has 47 heavy (non-hydrogen) atoms. The smallest absolute Gasteiger partial charge is 0.307 e. The summed E-state index contributed by atoms with van der Waals surface area (Å²) in [6.07, 6.45) is 2.75. The molecule has 12 heteroatoms. The lowest BCUT2D eigenvalue weighted by molar-refractivity contribution is -0.155.